The third-order valence-electron chi connectivity index (χ3n) is 8.54. The maximum Gasteiger partial charge on any atom is 0.305 e. The fraction of sp³-hybridized carbons (Fsp3) is 0.875. The lowest BCUT2D eigenvalue weighted by molar-refractivity contribution is -0.942. The van der Waals surface area contributed by atoms with Crippen molar-refractivity contribution in [3.05, 3.63) is 0 Å². The number of quaternary nitrogens is 2. The van der Waals surface area contributed by atoms with Gasteiger partial charge in [-0.3, -0.25) is 9.59 Å². The third-order valence-corrected chi connectivity index (χ3v) is 8.54. The molecular weight excluding hydrogens is 600 g/mol. The Labute approximate surface area is 274 Å². The van der Waals surface area contributed by atoms with Crippen molar-refractivity contribution < 1.29 is 58.1 Å². The van der Waals surface area contributed by atoms with Crippen LogP contribution in [-0.4, -0.2) is 135 Å². The van der Waals surface area contributed by atoms with E-state index in [2.05, 4.69) is 19.7 Å². The molecule has 0 saturated carbocycles. The molecule has 2 saturated heterocycles. The highest BCUT2D eigenvalue weighted by atomic mass is 16.5. The first-order chi connectivity index (χ1) is 22.1. The number of esters is 2. The van der Waals surface area contributed by atoms with Crippen LogP contribution < -0.4 is 10.2 Å². The van der Waals surface area contributed by atoms with Gasteiger partial charge in [0.15, 0.2) is 0 Å². The molecule has 2 aliphatic heterocycles. The molecule has 2 atom stereocenters. The number of rotatable bonds is 23. The maximum absolute atomic E-state index is 12.4. The zero-order valence-electron chi connectivity index (χ0n) is 28.1. The summed E-state index contributed by atoms with van der Waals surface area (Å²) in [5.41, 5.74) is 0. The molecular formula is C32H58N4O10. The van der Waals surface area contributed by atoms with Gasteiger partial charge >= 0.3 is 11.9 Å². The van der Waals surface area contributed by atoms with E-state index in [9.17, 15) is 30.0 Å². The highest BCUT2D eigenvalue weighted by Crippen LogP contribution is 2.22. The number of methoxy groups -OCH3 is 2. The smallest absolute Gasteiger partial charge is 0.305 e. The minimum absolute atomic E-state index is 0.000176. The Hall–Kier alpha value is -2.36. The van der Waals surface area contributed by atoms with Gasteiger partial charge in [0.2, 0.25) is 0 Å². The number of carbonyl (C=O) groups excluding carboxylic acids is 2. The lowest BCUT2D eigenvalue weighted by Crippen LogP contribution is -2.53. The van der Waals surface area contributed by atoms with Crippen LogP contribution in [0.2, 0.25) is 0 Å². The lowest BCUT2D eigenvalue weighted by atomic mass is 10.1. The van der Waals surface area contributed by atoms with Crippen LogP contribution in [0.4, 0.5) is 0 Å². The number of ether oxygens (including phenoxy) is 4. The lowest BCUT2D eigenvalue weighted by Gasteiger charge is -2.38. The quantitative estimate of drug-likeness (QED) is 0.0517. The Balaban J connectivity index is 1.60. The number of hydrogen-bond acceptors (Lipinski definition) is 12. The Morgan fingerprint density at radius 2 is 1.00 bits per heavy atom. The number of unbranched alkanes of at least 4 members (excludes halogenated alkanes) is 3. The number of likely N-dealkylation sites (tertiary alicyclic amines) is 2. The van der Waals surface area contributed by atoms with Gasteiger partial charge in [-0.25, -0.2) is 0 Å². The molecule has 0 spiro atoms. The first-order valence-corrected chi connectivity index (χ1v) is 17.0. The molecule has 2 rings (SSSR count). The summed E-state index contributed by atoms with van der Waals surface area (Å²) in [5.74, 6) is -1.57. The molecule has 0 aromatic rings. The standard InChI is InChI=1S/C32H58N4O10/c1-43-31(41)15-13-29(39)33-35(17-7-5-8-18-35)23-27(37)25-45-21-11-3-4-12-22-46-26-28(38)24-36(19-9-6-10-20-36)34-30(40)14-16-32(42)44-2/h27-28,37-38H,3-26H2,1-2H3. The summed E-state index contributed by atoms with van der Waals surface area (Å²) >= 11 is 0. The summed E-state index contributed by atoms with van der Waals surface area (Å²) in [6.07, 6.45) is 7.97. The molecule has 0 radical (unpaired) electrons. The van der Waals surface area contributed by atoms with Crippen LogP contribution in [0.3, 0.4) is 0 Å². The largest absolute Gasteiger partial charge is 0.858 e. The SMILES string of the molecule is COC(=O)CC/C([O-])=N/[N+]1(CC(O)COCCCCCCOCC(O)C[N+]2(/N=C(\[O-])CCC(=O)OC)CCCCC2)CCCCC1. The van der Waals surface area contributed by atoms with Gasteiger partial charge in [0.1, 0.15) is 51.5 Å². The van der Waals surface area contributed by atoms with Gasteiger partial charge in [-0.1, -0.05) is 12.8 Å². The molecule has 14 heteroatoms. The predicted molar refractivity (Wildman–Crippen MR) is 167 cm³/mol. The van der Waals surface area contributed by atoms with E-state index in [1.165, 1.54) is 14.2 Å². The second-order valence-electron chi connectivity index (χ2n) is 12.6. The number of aliphatic hydroxyl groups excluding tert-OH is 2. The molecule has 2 N–H and O–H groups in total. The Morgan fingerprint density at radius 1 is 0.630 bits per heavy atom. The molecule has 0 amide bonds. The van der Waals surface area contributed by atoms with Crippen molar-refractivity contribution in [3.8, 4) is 0 Å². The summed E-state index contributed by atoms with van der Waals surface area (Å²) in [7, 11) is 2.58. The Bertz CT molecular complexity index is 862. The molecule has 46 heavy (non-hydrogen) atoms. The average molecular weight is 659 g/mol. The minimum Gasteiger partial charge on any atom is -0.858 e. The van der Waals surface area contributed by atoms with Crippen LogP contribution >= 0.6 is 0 Å². The van der Waals surface area contributed by atoms with Crippen molar-refractivity contribution >= 4 is 23.7 Å². The zero-order valence-corrected chi connectivity index (χ0v) is 28.1. The molecule has 0 aromatic carbocycles. The Kier molecular flexibility index (Phi) is 19.3. The summed E-state index contributed by atoms with van der Waals surface area (Å²) in [6.45, 7) is 4.77. The fourth-order valence-electron chi connectivity index (χ4n) is 6.13. The first-order valence-electron chi connectivity index (χ1n) is 17.0. The maximum atomic E-state index is 12.4. The fourth-order valence-corrected chi connectivity index (χ4v) is 6.13. The molecule has 2 unspecified atom stereocenters. The van der Waals surface area contributed by atoms with E-state index in [4.69, 9.17) is 9.47 Å². The van der Waals surface area contributed by atoms with Gasteiger partial charge in [-0.15, -0.1) is 10.2 Å². The molecule has 2 heterocycles. The van der Waals surface area contributed by atoms with Gasteiger partial charge in [0, 0.05) is 25.0 Å². The van der Waals surface area contributed by atoms with E-state index < -0.39 is 24.1 Å². The van der Waals surface area contributed by atoms with Gasteiger partial charge < -0.3 is 39.4 Å². The van der Waals surface area contributed by atoms with Gasteiger partial charge in [-0.2, -0.15) is 9.18 Å². The summed E-state index contributed by atoms with van der Waals surface area (Å²) in [6, 6.07) is 0. The summed E-state index contributed by atoms with van der Waals surface area (Å²) < 4.78 is 21.0. The highest BCUT2D eigenvalue weighted by Gasteiger charge is 2.34. The summed E-state index contributed by atoms with van der Waals surface area (Å²) in [5, 5.41) is 54.8. The van der Waals surface area contributed by atoms with E-state index in [-0.39, 0.29) is 59.9 Å². The van der Waals surface area contributed by atoms with E-state index in [1.807, 2.05) is 0 Å². The molecule has 2 fully saturated rings. The van der Waals surface area contributed by atoms with Crippen molar-refractivity contribution in [2.24, 2.45) is 10.2 Å². The normalized spacial score (nSPS) is 19.7. The predicted octanol–water partition coefficient (Wildman–Crippen LogP) is 0.557. The molecule has 14 nitrogen and oxygen atoms in total. The number of carbonyl (C=O) groups is 2. The van der Waals surface area contributed by atoms with Crippen molar-refractivity contribution in [3.63, 3.8) is 0 Å². The van der Waals surface area contributed by atoms with Crippen LogP contribution in [0.15, 0.2) is 10.2 Å². The molecule has 266 valence electrons. The number of nitrogens with zero attached hydrogens (tertiary/aromatic N) is 4. The van der Waals surface area contributed by atoms with Crippen molar-refractivity contribution in [2.45, 2.75) is 102 Å². The second-order valence-corrected chi connectivity index (χ2v) is 12.6. The molecule has 2 aliphatic rings. The van der Waals surface area contributed by atoms with Crippen molar-refractivity contribution in [1.82, 2.24) is 0 Å². The Morgan fingerprint density at radius 3 is 1.35 bits per heavy atom. The number of aliphatic hydroxyl groups is 2. The number of piperidine rings is 2. The van der Waals surface area contributed by atoms with Crippen LogP contribution in [0.25, 0.3) is 0 Å². The van der Waals surface area contributed by atoms with Gasteiger partial charge in [0.05, 0.1) is 40.3 Å². The molecule has 0 aromatic heterocycles. The first kappa shape index (κ1) is 39.8. The zero-order chi connectivity index (χ0) is 33.7. The van der Waals surface area contributed by atoms with Gasteiger partial charge in [-0.05, 0) is 64.2 Å². The van der Waals surface area contributed by atoms with Crippen molar-refractivity contribution in [1.29, 1.82) is 0 Å². The third kappa shape index (κ3) is 16.5. The van der Waals surface area contributed by atoms with Crippen LogP contribution in [0.5, 0.6) is 0 Å². The average Bonchev–Trinajstić information content (AvgIpc) is 3.03. The monoisotopic (exact) mass is 658 g/mol. The van der Waals surface area contributed by atoms with Crippen LogP contribution in [0.1, 0.15) is 89.9 Å². The highest BCUT2D eigenvalue weighted by molar-refractivity contribution is 5.78. The molecule has 0 bridgehead atoms. The van der Waals surface area contributed by atoms with Crippen LogP contribution in [-0.2, 0) is 28.5 Å². The summed E-state index contributed by atoms with van der Waals surface area (Å²) in [4.78, 5) is 22.7. The molecule has 0 aliphatic carbocycles. The van der Waals surface area contributed by atoms with E-state index >= 15 is 0 Å². The van der Waals surface area contributed by atoms with E-state index in [1.54, 1.807) is 0 Å². The number of hydrogen-bond donors (Lipinski definition) is 2. The topological polar surface area (TPSA) is 182 Å². The van der Waals surface area contributed by atoms with Gasteiger partial charge in [0.25, 0.3) is 0 Å². The second kappa shape index (κ2) is 22.3. The minimum atomic E-state index is -0.743. The van der Waals surface area contributed by atoms with E-state index in [0.717, 1.165) is 64.2 Å². The van der Waals surface area contributed by atoms with Crippen LogP contribution in [0, 0.1) is 0 Å². The van der Waals surface area contributed by atoms with E-state index in [0.29, 0.717) is 52.5 Å². The van der Waals surface area contributed by atoms with Crippen molar-refractivity contribution in [2.75, 3.05) is 79.9 Å².